The summed E-state index contributed by atoms with van der Waals surface area (Å²) < 4.78 is 5.61. The smallest absolute Gasteiger partial charge is 0.362 e. The average Bonchev–Trinajstić information content (AvgIpc) is 2.80. The molecule has 1 aromatic heterocycles. The number of esters is 1. The van der Waals surface area contributed by atoms with Gasteiger partial charge in [0, 0.05) is 12.1 Å². The molecule has 98 valence electrons. The fourth-order valence-electron chi connectivity index (χ4n) is 1.46. The van der Waals surface area contributed by atoms with Gasteiger partial charge in [-0.3, -0.25) is 10.1 Å². The third-order valence-corrected chi connectivity index (χ3v) is 2.37. The quantitative estimate of drug-likeness (QED) is 0.486. The fraction of sp³-hybridized carbons (Fsp3) is 0.100. The molecule has 9 nitrogen and oxygen atoms in total. The first-order chi connectivity index (χ1) is 9.04. The summed E-state index contributed by atoms with van der Waals surface area (Å²) >= 11 is 0. The molecule has 19 heavy (non-hydrogen) atoms. The molecule has 0 fully saturated rings. The molecule has 0 atom stereocenters. The second-order valence-corrected chi connectivity index (χ2v) is 3.50. The van der Waals surface area contributed by atoms with Crippen LogP contribution in [0.25, 0.3) is 5.69 Å². The van der Waals surface area contributed by atoms with E-state index in [9.17, 15) is 14.9 Å². The molecular weight excluding hydrogens is 254 g/mol. The van der Waals surface area contributed by atoms with Crippen molar-refractivity contribution < 1.29 is 14.5 Å². The van der Waals surface area contributed by atoms with Crippen LogP contribution in [0.15, 0.2) is 24.3 Å². The van der Waals surface area contributed by atoms with Crippen LogP contribution < -0.4 is 5.73 Å². The molecule has 0 unspecified atom stereocenters. The largest absolute Gasteiger partial charge is 0.464 e. The van der Waals surface area contributed by atoms with Gasteiger partial charge < -0.3 is 10.5 Å². The number of nitrogens with two attached hydrogens (primary N) is 1. The molecule has 0 aliphatic carbocycles. The highest BCUT2D eigenvalue weighted by Crippen LogP contribution is 2.19. The summed E-state index contributed by atoms with van der Waals surface area (Å²) in [7, 11) is 1.19. The lowest BCUT2D eigenvalue weighted by atomic mass is 10.3. The summed E-state index contributed by atoms with van der Waals surface area (Å²) in [6.45, 7) is 0. The van der Waals surface area contributed by atoms with E-state index in [4.69, 9.17) is 5.73 Å². The van der Waals surface area contributed by atoms with Crippen LogP contribution >= 0.6 is 0 Å². The number of rotatable bonds is 3. The first kappa shape index (κ1) is 12.5. The van der Waals surface area contributed by atoms with Gasteiger partial charge in [0.1, 0.15) is 0 Å². The van der Waals surface area contributed by atoms with Crippen molar-refractivity contribution in [2.75, 3.05) is 12.8 Å². The number of benzene rings is 1. The van der Waals surface area contributed by atoms with Crippen LogP contribution in [-0.4, -0.2) is 33.0 Å². The Hall–Kier alpha value is -2.97. The minimum absolute atomic E-state index is 0.0488. The van der Waals surface area contributed by atoms with E-state index in [-0.39, 0.29) is 17.2 Å². The molecule has 2 rings (SSSR count). The lowest BCUT2D eigenvalue weighted by Gasteiger charge is -2.02. The third kappa shape index (κ3) is 2.20. The predicted molar refractivity (Wildman–Crippen MR) is 63.8 cm³/mol. The van der Waals surface area contributed by atoms with E-state index in [2.05, 4.69) is 15.0 Å². The Labute approximate surface area is 106 Å². The summed E-state index contributed by atoms with van der Waals surface area (Å²) in [4.78, 5) is 21.5. The molecule has 0 spiro atoms. The molecule has 2 aromatic rings. The zero-order chi connectivity index (χ0) is 14.0. The highest BCUT2D eigenvalue weighted by atomic mass is 16.6. The number of ether oxygens (including phenoxy) is 1. The number of methoxy groups -OCH3 is 1. The van der Waals surface area contributed by atoms with Crippen molar-refractivity contribution in [1.82, 2.24) is 15.0 Å². The number of nitrogen functional groups attached to an aromatic ring is 1. The van der Waals surface area contributed by atoms with Gasteiger partial charge in [0.2, 0.25) is 5.69 Å². The number of carbonyl (C=O) groups excluding carboxylic acids is 1. The molecule has 0 saturated heterocycles. The highest BCUT2D eigenvalue weighted by molar-refractivity contribution is 5.92. The molecular formula is C10H9N5O4. The van der Waals surface area contributed by atoms with E-state index < -0.39 is 10.9 Å². The second kappa shape index (κ2) is 4.72. The lowest BCUT2D eigenvalue weighted by Crippen LogP contribution is -2.08. The van der Waals surface area contributed by atoms with Gasteiger partial charge in [0.25, 0.3) is 5.69 Å². The number of nitrogens with zero attached hydrogens (tertiary/aromatic N) is 4. The second-order valence-electron chi connectivity index (χ2n) is 3.50. The predicted octanol–water partition coefficient (Wildman–Crippen LogP) is 0.544. The summed E-state index contributed by atoms with van der Waals surface area (Å²) in [6, 6.07) is 5.63. The van der Waals surface area contributed by atoms with Crippen molar-refractivity contribution >= 4 is 17.5 Å². The van der Waals surface area contributed by atoms with Crippen LogP contribution in [0.1, 0.15) is 10.5 Å². The van der Waals surface area contributed by atoms with Crippen molar-refractivity contribution in [2.24, 2.45) is 0 Å². The minimum Gasteiger partial charge on any atom is -0.464 e. The van der Waals surface area contributed by atoms with Crippen LogP contribution in [0.2, 0.25) is 0 Å². The first-order valence-corrected chi connectivity index (χ1v) is 5.09. The maximum atomic E-state index is 11.3. The van der Waals surface area contributed by atoms with Crippen molar-refractivity contribution in [3.8, 4) is 5.69 Å². The number of nitro groups is 1. The van der Waals surface area contributed by atoms with Crippen molar-refractivity contribution in [2.45, 2.75) is 0 Å². The normalized spacial score (nSPS) is 10.2. The van der Waals surface area contributed by atoms with E-state index in [1.54, 1.807) is 6.07 Å². The molecule has 1 heterocycles. The number of aromatic nitrogens is 3. The zero-order valence-electron chi connectivity index (χ0n) is 9.81. The topological polar surface area (TPSA) is 126 Å². The van der Waals surface area contributed by atoms with Gasteiger partial charge in [0.05, 0.1) is 17.7 Å². The van der Waals surface area contributed by atoms with Crippen molar-refractivity contribution in [1.29, 1.82) is 0 Å². The number of nitro benzene ring substituents is 1. The standard InChI is InChI=1S/C10H9N5O4/c1-19-10(16)8-9(11)14(13-12-8)6-3-2-4-7(5-6)15(17)18/h2-5H,11H2,1H3. The maximum absolute atomic E-state index is 11.3. The van der Waals surface area contributed by atoms with Gasteiger partial charge in [-0.25, -0.2) is 4.79 Å². The van der Waals surface area contributed by atoms with Crippen LogP contribution in [0.5, 0.6) is 0 Å². The molecule has 0 bridgehead atoms. The lowest BCUT2D eigenvalue weighted by molar-refractivity contribution is -0.384. The van der Waals surface area contributed by atoms with E-state index in [0.717, 1.165) is 4.68 Å². The number of anilines is 1. The molecule has 0 aliphatic rings. The maximum Gasteiger partial charge on any atom is 0.362 e. The highest BCUT2D eigenvalue weighted by Gasteiger charge is 2.19. The Balaban J connectivity index is 2.48. The van der Waals surface area contributed by atoms with Crippen LogP contribution in [0, 0.1) is 10.1 Å². The van der Waals surface area contributed by atoms with Gasteiger partial charge in [-0.15, -0.1) is 5.10 Å². The SMILES string of the molecule is COC(=O)c1nnn(-c2cccc([N+](=O)[O-])c2)c1N. The molecule has 9 heteroatoms. The summed E-state index contributed by atoms with van der Waals surface area (Å²) in [5.74, 6) is -0.776. The average molecular weight is 263 g/mol. The van der Waals surface area contributed by atoms with E-state index in [0.29, 0.717) is 5.69 Å². The molecule has 0 saturated carbocycles. The van der Waals surface area contributed by atoms with Gasteiger partial charge in [-0.2, -0.15) is 4.68 Å². The molecule has 0 radical (unpaired) electrons. The monoisotopic (exact) mass is 263 g/mol. The van der Waals surface area contributed by atoms with E-state index >= 15 is 0 Å². The van der Waals surface area contributed by atoms with Crippen molar-refractivity contribution in [3.63, 3.8) is 0 Å². The Bertz CT molecular complexity index is 651. The van der Waals surface area contributed by atoms with E-state index in [1.807, 2.05) is 0 Å². The number of hydrogen-bond acceptors (Lipinski definition) is 7. The third-order valence-electron chi connectivity index (χ3n) is 2.37. The Morgan fingerprint density at radius 3 is 2.89 bits per heavy atom. The summed E-state index contributed by atoms with van der Waals surface area (Å²) in [5.41, 5.74) is 5.77. The number of non-ortho nitro benzene ring substituents is 1. The minimum atomic E-state index is -0.728. The first-order valence-electron chi connectivity index (χ1n) is 5.09. The number of hydrogen-bond donors (Lipinski definition) is 1. The number of carbonyl (C=O) groups is 1. The van der Waals surface area contributed by atoms with E-state index in [1.165, 1.54) is 25.3 Å². The van der Waals surface area contributed by atoms with Crippen LogP contribution in [0.3, 0.4) is 0 Å². The van der Waals surface area contributed by atoms with Gasteiger partial charge in [-0.05, 0) is 6.07 Å². The van der Waals surface area contributed by atoms with Gasteiger partial charge in [-0.1, -0.05) is 11.3 Å². The van der Waals surface area contributed by atoms with Gasteiger partial charge >= 0.3 is 5.97 Å². The fourth-order valence-corrected chi connectivity index (χ4v) is 1.46. The van der Waals surface area contributed by atoms with Gasteiger partial charge in [0.15, 0.2) is 5.82 Å². The molecule has 2 N–H and O–H groups in total. The van der Waals surface area contributed by atoms with Crippen LogP contribution in [-0.2, 0) is 4.74 Å². The summed E-state index contributed by atoms with van der Waals surface area (Å²) in [5, 5.41) is 17.9. The van der Waals surface area contributed by atoms with Crippen molar-refractivity contribution in [3.05, 3.63) is 40.1 Å². The Morgan fingerprint density at radius 2 is 2.26 bits per heavy atom. The molecule has 0 amide bonds. The zero-order valence-corrected chi connectivity index (χ0v) is 9.81. The molecule has 0 aliphatic heterocycles. The molecule has 1 aromatic carbocycles. The summed E-state index contributed by atoms with van der Waals surface area (Å²) in [6.07, 6.45) is 0. The Morgan fingerprint density at radius 1 is 1.53 bits per heavy atom. The van der Waals surface area contributed by atoms with Crippen LogP contribution in [0.4, 0.5) is 11.5 Å². The Kier molecular flexibility index (Phi) is 3.10.